The molecule has 1 aliphatic rings. The Morgan fingerprint density at radius 1 is 1.50 bits per heavy atom. The van der Waals surface area contributed by atoms with E-state index in [0.29, 0.717) is 18.7 Å². The summed E-state index contributed by atoms with van der Waals surface area (Å²) in [6.45, 7) is 3.64. The second-order valence-corrected chi connectivity index (χ2v) is 5.31. The zero-order valence-electron chi connectivity index (χ0n) is 11.9. The highest BCUT2D eigenvalue weighted by Gasteiger charge is 2.21. The van der Waals surface area contributed by atoms with Crippen LogP contribution in [0.25, 0.3) is 0 Å². The van der Waals surface area contributed by atoms with Crippen molar-refractivity contribution < 1.29 is 9.66 Å². The highest BCUT2D eigenvalue weighted by atomic mass is 16.6. The molecule has 5 heteroatoms. The molecule has 0 saturated carbocycles. The Bertz CT molecular complexity index is 448. The van der Waals surface area contributed by atoms with Crippen molar-refractivity contribution in [3.05, 3.63) is 39.9 Å². The predicted octanol–water partition coefficient (Wildman–Crippen LogP) is 3.03. The maximum atomic E-state index is 10.7. The quantitative estimate of drug-likeness (QED) is 0.641. The van der Waals surface area contributed by atoms with Crippen LogP contribution in [0.2, 0.25) is 0 Å². The maximum Gasteiger partial charge on any atom is 0.269 e. The van der Waals surface area contributed by atoms with Gasteiger partial charge in [-0.2, -0.15) is 0 Å². The summed E-state index contributed by atoms with van der Waals surface area (Å²) in [5.74, 6) is 0. The summed E-state index contributed by atoms with van der Waals surface area (Å²) in [6.07, 6.45) is 4.64. The van der Waals surface area contributed by atoms with E-state index in [0.717, 1.165) is 37.9 Å². The first-order valence-electron chi connectivity index (χ1n) is 7.27. The fraction of sp³-hybridized carbons (Fsp3) is 0.600. The minimum absolute atomic E-state index is 0.153. The lowest BCUT2D eigenvalue weighted by molar-refractivity contribution is -0.384. The molecule has 5 nitrogen and oxygen atoms in total. The van der Waals surface area contributed by atoms with Gasteiger partial charge in [-0.3, -0.25) is 10.1 Å². The van der Waals surface area contributed by atoms with E-state index in [9.17, 15) is 10.1 Å². The van der Waals surface area contributed by atoms with Crippen molar-refractivity contribution in [2.45, 2.75) is 51.3 Å². The van der Waals surface area contributed by atoms with E-state index in [1.807, 2.05) is 6.07 Å². The van der Waals surface area contributed by atoms with Crippen molar-refractivity contribution in [2.24, 2.45) is 0 Å². The minimum atomic E-state index is -0.352. The van der Waals surface area contributed by atoms with E-state index in [4.69, 9.17) is 4.74 Å². The minimum Gasteiger partial charge on any atom is -0.378 e. The standard InChI is InChI=1S/C15H22N2O3/c1-2-4-15-10-13(7-8-20-15)16-11-12-5-3-6-14(9-12)17(18)19/h3,5-6,9,13,15-16H,2,4,7-8,10-11H2,1H3. The van der Waals surface area contributed by atoms with E-state index >= 15 is 0 Å². The number of non-ortho nitro benzene ring substituents is 1. The lowest BCUT2D eigenvalue weighted by atomic mass is 10.00. The van der Waals surface area contributed by atoms with Crippen LogP contribution < -0.4 is 5.32 Å². The van der Waals surface area contributed by atoms with E-state index < -0.39 is 0 Å². The van der Waals surface area contributed by atoms with Crippen LogP contribution in [0.4, 0.5) is 5.69 Å². The molecule has 1 aromatic carbocycles. The number of nitrogens with zero attached hydrogens (tertiary/aromatic N) is 1. The summed E-state index contributed by atoms with van der Waals surface area (Å²) < 4.78 is 5.72. The highest BCUT2D eigenvalue weighted by Crippen LogP contribution is 2.19. The molecule has 0 aliphatic carbocycles. The first-order chi connectivity index (χ1) is 9.69. The molecule has 0 bridgehead atoms. The first kappa shape index (κ1) is 14.9. The molecule has 1 heterocycles. The van der Waals surface area contributed by atoms with Crippen molar-refractivity contribution in [1.29, 1.82) is 0 Å². The molecule has 1 fully saturated rings. The topological polar surface area (TPSA) is 64.4 Å². The first-order valence-corrected chi connectivity index (χ1v) is 7.27. The van der Waals surface area contributed by atoms with Crippen molar-refractivity contribution in [3.63, 3.8) is 0 Å². The second-order valence-electron chi connectivity index (χ2n) is 5.31. The molecule has 1 aromatic rings. The number of hydrogen-bond donors (Lipinski definition) is 1. The van der Waals surface area contributed by atoms with Gasteiger partial charge < -0.3 is 10.1 Å². The molecule has 0 spiro atoms. The molecule has 1 saturated heterocycles. The molecule has 1 aliphatic heterocycles. The summed E-state index contributed by atoms with van der Waals surface area (Å²) in [5, 5.41) is 14.2. The van der Waals surface area contributed by atoms with Crippen LogP contribution in [-0.2, 0) is 11.3 Å². The molecular formula is C15H22N2O3. The molecule has 1 N–H and O–H groups in total. The summed E-state index contributed by atoms with van der Waals surface area (Å²) >= 11 is 0. The molecule has 20 heavy (non-hydrogen) atoms. The molecule has 0 aromatic heterocycles. The number of nitro benzene ring substituents is 1. The van der Waals surface area contributed by atoms with Gasteiger partial charge in [-0.25, -0.2) is 0 Å². The van der Waals surface area contributed by atoms with Gasteiger partial charge in [-0.05, 0) is 24.8 Å². The fourth-order valence-corrected chi connectivity index (χ4v) is 2.63. The van der Waals surface area contributed by atoms with Crippen LogP contribution in [0.3, 0.4) is 0 Å². The van der Waals surface area contributed by atoms with Gasteiger partial charge in [-0.15, -0.1) is 0 Å². The van der Waals surface area contributed by atoms with E-state index in [2.05, 4.69) is 12.2 Å². The lowest BCUT2D eigenvalue weighted by Crippen LogP contribution is -2.38. The Kier molecular flexibility index (Phi) is 5.49. The molecule has 2 unspecified atom stereocenters. The van der Waals surface area contributed by atoms with Gasteiger partial charge >= 0.3 is 0 Å². The van der Waals surface area contributed by atoms with Crippen molar-refractivity contribution >= 4 is 5.69 Å². The van der Waals surface area contributed by atoms with Gasteiger partial charge in [0.2, 0.25) is 0 Å². The van der Waals surface area contributed by atoms with Crippen LogP contribution in [0.5, 0.6) is 0 Å². The number of hydrogen-bond acceptors (Lipinski definition) is 4. The third kappa shape index (κ3) is 4.28. The number of nitrogens with one attached hydrogen (secondary N) is 1. The van der Waals surface area contributed by atoms with E-state index in [-0.39, 0.29) is 10.6 Å². The van der Waals surface area contributed by atoms with Crippen LogP contribution in [0.15, 0.2) is 24.3 Å². The predicted molar refractivity (Wildman–Crippen MR) is 77.6 cm³/mol. The zero-order valence-corrected chi connectivity index (χ0v) is 11.9. The Labute approximate surface area is 119 Å². The van der Waals surface area contributed by atoms with Gasteiger partial charge in [0.1, 0.15) is 0 Å². The molecule has 2 rings (SSSR count). The third-order valence-electron chi connectivity index (χ3n) is 3.69. The SMILES string of the molecule is CCCC1CC(NCc2cccc([N+](=O)[O-])c2)CCO1. The van der Waals surface area contributed by atoms with Crippen LogP contribution in [-0.4, -0.2) is 23.7 Å². The van der Waals surface area contributed by atoms with Crippen molar-refractivity contribution in [2.75, 3.05) is 6.61 Å². The van der Waals surface area contributed by atoms with Gasteiger partial charge in [0.05, 0.1) is 11.0 Å². The molecule has 2 atom stereocenters. The Morgan fingerprint density at radius 3 is 3.10 bits per heavy atom. The van der Waals surface area contributed by atoms with Crippen molar-refractivity contribution in [1.82, 2.24) is 5.32 Å². The average molecular weight is 278 g/mol. The lowest BCUT2D eigenvalue weighted by Gasteiger charge is -2.30. The number of nitro groups is 1. The number of benzene rings is 1. The van der Waals surface area contributed by atoms with Gasteiger partial charge in [-0.1, -0.05) is 25.5 Å². The summed E-state index contributed by atoms with van der Waals surface area (Å²) in [7, 11) is 0. The molecular weight excluding hydrogens is 256 g/mol. The monoisotopic (exact) mass is 278 g/mol. The third-order valence-corrected chi connectivity index (χ3v) is 3.69. The second kappa shape index (κ2) is 7.36. The Hall–Kier alpha value is -1.46. The highest BCUT2D eigenvalue weighted by molar-refractivity contribution is 5.34. The smallest absolute Gasteiger partial charge is 0.269 e. The molecule has 110 valence electrons. The normalized spacial score (nSPS) is 22.6. The Morgan fingerprint density at radius 2 is 2.35 bits per heavy atom. The molecule has 0 radical (unpaired) electrons. The van der Waals surface area contributed by atoms with E-state index in [1.54, 1.807) is 12.1 Å². The van der Waals surface area contributed by atoms with Gasteiger partial charge in [0, 0.05) is 31.3 Å². The van der Waals surface area contributed by atoms with Crippen LogP contribution in [0, 0.1) is 10.1 Å². The van der Waals surface area contributed by atoms with Crippen LogP contribution >= 0.6 is 0 Å². The largest absolute Gasteiger partial charge is 0.378 e. The summed E-state index contributed by atoms with van der Waals surface area (Å²) in [5.41, 5.74) is 1.11. The average Bonchev–Trinajstić information content (AvgIpc) is 2.46. The van der Waals surface area contributed by atoms with Crippen LogP contribution in [0.1, 0.15) is 38.2 Å². The fourth-order valence-electron chi connectivity index (χ4n) is 2.63. The zero-order chi connectivity index (χ0) is 14.4. The van der Waals surface area contributed by atoms with Gasteiger partial charge in [0.15, 0.2) is 0 Å². The number of rotatable bonds is 6. The van der Waals surface area contributed by atoms with E-state index in [1.165, 1.54) is 6.07 Å². The number of ether oxygens (including phenoxy) is 1. The van der Waals surface area contributed by atoms with Gasteiger partial charge in [0.25, 0.3) is 5.69 Å². The van der Waals surface area contributed by atoms with Crippen molar-refractivity contribution in [3.8, 4) is 0 Å². The maximum absolute atomic E-state index is 10.7. The summed E-state index contributed by atoms with van der Waals surface area (Å²) in [4.78, 5) is 10.4. The Balaban J connectivity index is 1.85. The summed E-state index contributed by atoms with van der Waals surface area (Å²) in [6, 6.07) is 7.26. The molecule has 0 amide bonds.